The zero-order valence-electron chi connectivity index (χ0n) is 21.9. The molecule has 2 unspecified atom stereocenters. The highest BCUT2D eigenvalue weighted by Crippen LogP contribution is 2.40. The fourth-order valence-electron chi connectivity index (χ4n) is 4.61. The summed E-state index contributed by atoms with van der Waals surface area (Å²) < 4.78 is 32.7. The lowest BCUT2D eigenvalue weighted by Gasteiger charge is -2.22. The minimum absolute atomic E-state index is 0.0164. The lowest BCUT2D eigenvalue weighted by Crippen LogP contribution is -2.45. The van der Waals surface area contributed by atoms with E-state index in [0.29, 0.717) is 19.3 Å². The molecule has 1 N–H and O–H groups in total. The van der Waals surface area contributed by atoms with Gasteiger partial charge in [-0.3, -0.25) is 14.1 Å². The third-order valence-electron chi connectivity index (χ3n) is 6.87. The van der Waals surface area contributed by atoms with Crippen molar-refractivity contribution in [1.29, 1.82) is 0 Å². The van der Waals surface area contributed by atoms with Crippen LogP contribution in [-0.2, 0) is 39.1 Å². The maximum atomic E-state index is 12.9. The number of unbranched alkanes of at least 4 members (excludes halogenated alkanes) is 13. The van der Waals surface area contributed by atoms with Gasteiger partial charge in [0.15, 0.2) is 22.2 Å². The first kappa shape index (κ1) is 32.2. The highest BCUT2D eigenvalue weighted by molar-refractivity contribution is 7.87. The minimum atomic E-state index is -4.88. The van der Waals surface area contributed by atoms with E-state index >= 15 is 0 Å². The Labute approximate surface area is 215 Å². The second-order valence-electron chi connectivity index (χ2n) is 9.82. The minimum Gasteiger partial charge on any atom is -0.298 e. The Balaban J connectivity index is 2.64. The van der Waals surface area contributed by atoms with E-state index in [1.807, 2.05) is 0 Å². The average molecular weight is 533 g/mol. The Morgan fingerprint density at radius 3 is 1.75 bits per heavy atom. The molecule has 0 heterocycles. The highest BCUT2D eigenvalue weighted by Gasteiger charge is 2.64. The predicted octanol–water partition coefficient (Wildman–Crippen LogP) is 5.44. The van der Waals surface area contributed by atoms with Gasteiger partial charge in [-0.15, -0.1) is 0 Å². The van der Waals surface area contributed by atoms with Crippen molar-refractivity contribution >= 4 is 33.6 Å². The standard InChI is InChI=1S/C26H44O9S/c1-3-5-7-9-11-12-14-16-18-23(28)34-35-25(30)26(19-17-15-13-10-8-6-4-2)22(27)20-21(24(26)29)36(31,32)33/h21H,3-20H2,1-2H3,(H,31,32,33). The summed E-state index contributed by atoms with van der Waals surface area (Å²) in [5.41, 5.74) is -2.39. The SMILES string of the molecule is CCCCCCCCCCC(=O)OOC(=O)C1(CCCCCCCCC)C(=O)CC(S(=O)(=O)O)C1=O. The van der Waals surface area contributed by atoms with Crippen molar-refractivity contribution in [2.45, 2.75) is 135 Å². The lowest BCUT2D eigenvalue weighted by atomic mass is 9.79. The number of hydrogen-bond acceptors (Lipinski definition) is 8. The molecular formula is C26H44O9S. The van der Waals surface area contributed by atoms with Crippen molar-refractivity contribution in [1.82, 2.24) is 0 Å². The Bertz CT molecular complexity index is 821. The van der Waals surface area contributed by atoms with Crippen molar-refractivity contribution in [2.75, 3.05) is 0 Å². The molecule has 0 amide bonds. The van der Waals surface area contributed by atoms with Gasteiger partial charge in [0.05, 0.1) is 6.42 Å². The normalized spacial score (nSPS) is 20.0. The molecule has 10 heteroatoms. The van der Waals surface area contributed by atoms with Gasteiger partial charge in [-0.05, 0) is 12.8 Å². The molecule has 0 spiro atoms. The van der Waals surface area contributed by atoms with Gasteiger partial charge < -0.3 is 0 Å². The van der Waals surface area contributed by atoms with Crippen molar-refractivity contribution in [3.8, 4) is 0 Å². The second kappa shape index (κ2) is 16.8. The van der Waals surface area contributed by atoms with Crippen LogP contribution < -0.4 is 0 Å². The van der Waals surface area contributed by atoms with Crippen LogP contribution in [0.3, 0.4) is 0 Å². The second-order valence-corrected chi connectivity index (χ2v) is 11.4. The summed E-state index contributed by atoms with van der Waals surface area (Å²) in [7, 11) is -4.88. The first-order valence-corrected chi connectivity index (χ1v) is 15.1. The molecule has 208 valence electrons. The van der Waals surface area contributed by atoms with Crippen LogP contribution >= 0.6 is 0 Å². The topological polar surface area (TPSA) is 141 Å². The quantitative estimate of drug-likeness (QED) is 0.0756. The van der Waals surface area contributed by atoms with E-state index in [1.54, 1.807) is 0 Å². The van der Waals surface area contributed by atoms with Crippen LogP contribution in [0, 0.1) is 5.41 Å². The fraction of sp³-hybridized carbons (Fsp3) is 0.846. The highest BCUT2D eigenvalue weighted by atomic mass is 32.2. The summed E-state index contributed by atoms with van der Waals surface area (Å²) in [6, 6.07) is 0. The Hall–Kier alpha value is -1.81. The monoisotopic (exact) mass is 532 g/mol. The Kier molecular flexibility index (Phi) is 15.1. The zero-order chi connectivity index (χ0) is 27.0. The molecule has 1 saturated carbocycles. The molecule has 1 rings (SSSR count). The van der Waals surface area contributed by atoms with Crippen LogP contribution in [0.4, 0.5) is 0 Å². The van der Waals surface area contributed by atoms with Gasteiger partial charge in [-0.25, -0.2) is 19.4 Å². The summed E-state index contributed by atoms with van der Waals surface area (Å²) in [5.74, 6) is -4.35. The van der Waals surface area contributed by atoms with Crippen molar-refractivity contribution in [2.24, 2.45) is 5.41 Å². The molecule has 1 aliphatic carbocycles. The van der Waals surface area contributed by atoms with Crippen LogP contribution in [0.15, 0.2) is 0 Å². The van der Waals surface area contributed by atoms with Crippen molar-refractivity contribution in [3.63, 3.8) is 0 Å². The molecule has 9 nitrogen and oxygen atoms in total. The summed E-state index contributed by atoms with van der Waals surface area (Å²) in [5, 5.41) is -2.02. The zero-order valence-corrected chi connectivity index (χ0v) is 22.7. The first-order valence-electron chi connectivity index (χ1n) is 13.6. The summed E-state index contributed by atoms with van der Waals surface area (Å²) >= 11 is 0. The molecule has 36 heavy (non-hydrogen) atoms. The molecule has 0 aromatic rings. The molecule has 0 bridgehead atoms. The van der Waals surface area contributed by atoms with E-state index in [9.17, 15) is 32.1 Å². The van der Waals surface area contributed by atoms with Gasteiger partial charge >= 0.3 is 11.9 Å². The maximum Gasteiger partial charge on any atom is 0.376 e. The summed E-state index contributed by atoms with van der Waals surface area (Å²) in [4.78, 5) is 59.7. The predicted molar refractivity (Wildman–Crippen MR) is 134 cm³/mol. The number of ketones is 2. The maximum absolute atomic E-state index is 12.9. The first-order chi connectivity index (χ1) is 17.1. The van der Waals surface area contributed by atoms with Crippen LogP contribution in [0.2, 0.25) is 0 Å². The van der Waals surface area contributed by atoms with E-state index in [-0.39, 0.29) is 12.8 Å². The summed E-state index contributed by atoms with van der Waals surface area (Å²) in [6.07, 6.45) is 13.2. The third kappa shape index (κ3) is 10.3. The van der Waals surface area contributed by atoms with Crippen LogP contribution in [-0.4, -0.2) is 41.7 Å². The summed E-state index contributed by atoms with van der Waals surface area (Å²) in [6.45, 7) is 4.25. The molecule has 1 aliphatic rings. The Morgan fingerprint density at radius 2 is 1.28 bits per heavy atom. The number of rotatable bonds is 19. The van der Waals surface area contributed by atoms with Gasteiger partial charge in [0.1, 0.15) is 0 Å². The molecule has 0 saturated heterocycles. The molecular weight excluding hydrogens is 488 g/mol. The van der Waals surface area contributed by atoms with Gasteiger partial charge in [0.25, 0.3) is 10.1 Å². The van der Waals surface area contributed by atoms with Crippen LogP contribution in [0.5, 0.6) is 0 Å². The van der Waals surface area contributed by atoms with E-state index in [4.69, 9.17) is 0 Å². The molecule has 0 aromatic carbocycles. The number of hydrogen-bond donors (Lipinski definition) is 1. The van der Waals surface area contributed by atoms with E-state index in [1.165, 1.54) is 19.3 Å². The van der Waals surface area contributed by atoms with Crippen molar-refractivity contribution < 1.29 is 41.9 Å². The lowest BCUT2D eigenvalue weighted by molar-refractivity contribution is -0.264. The number of Topliss-reactive ketones (excluding diaryl/α,β-unsaturated/α-hetero) is 2. The molecule has 0 aromatic heterocycles. The van der Waals surface area contributed by atoms with Crippen LogP contribution in [0.25, 0.3) is 0 Å². The van der Waals surface area contributed by atoms with Crippen molar-refractivity contribution in [3.05, 3.63) is 0 Å². The average Bonchev–Trinajstić information content (AvgIpc) is 3.09. The Morgan fingerprint density at radius 1 is 0.806 bits per heavy atom. The van der Waals surface area contributed by atoms with E-state index < -0.39 is 50.7 Å². The number of carbonyl (C=O) groups is 4. The molecule has 0 radical (unpaired) electrons. The van der Waals surface area contributed by atoms with Gasteiger partial charge in [-0.2, -0.15) is 8.42 Å². The van der Waals surface area contributed by atoms with Gasteiger partial charge in [-0.1, -0.05) is 104 Å². The van der Waals surface area contributed by atoms with Crippen LogP contribution in [0.1, 0.15) is 129 Å². The van der Waals surface area contributed by atoms with E-state index in [2.05, 4.69) is 23.6 Å². The van der Waals surface area contributed by atoms with Gasteiger partial charge in [0, 0.05) is 6.42 Å². The molecule has 0 aliphatic heterocycles. The molecule has 2 atom stereocenters. The van der Waals surface area contributed by atoms with E-state index in [0.717, 1.165) is 57.8 Å². The largest absolute Gasteiger partial charge is 0.376 e. The smallest absolute Gasteiger partial charge is 0.298 e. The fourth-order valence-corrected chi connectivity index (χ4v) is 5.45. The van der Waals surface area contributed by atoms with Gasteiger partial charge in [0.2, 0.25) is 0 Å². The molecule has 1 fully saturated rings. The third-order valence-corrected chi connectivity index (χ3v) is 7.97. The number of carbonyl (C=O) groups excluding carboxylic acids is 4.